The third-order valence-electron chi connectivity index (χ3n) is 3.68. The highest BCUT2D eigenvalue weighted by molar-refractivity contribution is 9.10. The molecule has 1 heterocycles. The Hall–Kier alpha value is -2.21. The van der Waals surface area contributed by atoms with Gasteiger partial charge in [-0.05, 0) is 64.8 Å². The Morgan fingerprint density at radius 3 is 2.57 bits per heavy atom. The molecule has 2 amide bonds. The van der Waals surface area contributed by atoms with Gasteiger partial charge in [0.05, 0.1) is 5.56 Å². The lowest BCUT2D eigenvalue weighted by Gasteiger charge is -2.16. The normalized spacial score (nSPS) is 14.2. The zero-order valence-corrected chi connectivity index (χ0v) is 13.8. The van der Waals surface area contributed by atoms with Crippen molar-refractivity contribution in [3.05, 3.63) is 58.3 Å². The van der Waals surface area contributed by atoms with E-state index in [0.29, 0.717) is 16.6 Å². The van der Waals surface area contributed by atoms with Gasteiger partial charge >= 0.3 is 0 Å². The number of nitrogens with one attached hydrogen (secondary N) is 1. The number of benzene rings is 2. The first-order chi connectivity index (χ1) is 11.0. The molecule has 2 aromatic rings. The average Bonchev–Trinajstić information content (AvgIpc) is 2.96. The summed E-state index contributed by atoms with van der Waals surface area (Å²) in [5, 5.41) is 2.72. The van der Waals surface area contributed by atoms with Gasteiger partial charge in [0.1, 0.15) is 5.82 Å². The molecule has 1 N–H and O–H groups in total. The van der Waals surface area contributed by atoms with E-state index < -0.39 is 11.7 Å². The van der Waals surface area contributed by atoms with Gasteiger partial charge in [-0.2, -0.15) is 0 Å². The molecule has 1 aliphatic heterocycles. The second kappa shape index (κ2) is 6.50. The fourth-order valence-electron chi connectivity index (χ4n) is 2.52. The van der Waals surface area contributed by atoms with Crippen LogP contribution in [-0.2, 0) is 4.79 Å². The van der Waals surface area contributed by atoms with Gasteiger partial charge in [-0.3, -0.25) is 9.59 Å². The molecule has 3 rings (SSSR count). The minimum atomic E-state index is -0.471. The zero-order chi connectivity index (χ0) is 16.4. The highest BCUT2D eigenvalue weighted by Crippen LogP contribution is 2.24. The van der Waals surface area contributed by atoms with E-state index in [1.807, 2.05) is 0 Å². The van der Waals surface area contributed by atoms with Crippen molar-refractivity contribution in [2.75, 3.05) is 16.8 Å². The van der Waals surface area contributed by atoms with E-state index in [1.165, 1.54) is 18.2 Å². The predicted octanol–water partition coefficient (Wildman–Crippen LogP) is 3.97. The molecule has 1 saturated heterocycles. The maximum Gasteiger partial charge on any atom is 0.256 e. The molecule has 4 nitrogen and oxygen atoms in total. The van der Waals surface area contributed by atoms with Crippen molar-refractivity contribution < 1.29 is 14.0 Å². The Balaban J connectivity index is 1.74. The van der Waals surface area contributed by atoms with Crippen LogP contribution in [0.1, 0.15) is 23.2 Å². The van der Waals surface area contributed by atoms with Crippen molar-refractivity contribution in [3.8, 4) is 0 Å². The summed E-state index contributed by atoms with van der Waals surface area (Å²) < 4.78 is 13.8. The molecule has 1 aliphatic rings. The van der Waals surface area contributed by atoms with Crippen molar-refractivity contribution in [3.63, 3.8) is 0 Å². The van der Waals surface area contributed by atoms with E-state index in [4.69, 9.17) is 0 Å². The summed E-state index contributed by atoms with van der Waals surface area (Å²) in [6, 6.07) is 11.0. The first-order valence-electron chi connectivity index (χ1n) is 7.21. The van der Waals surface area contributed by atoms with Crippen LogP contribution >= 0.6 is 15.9 Å². The summed E-state index contributed by atoms with van der Waals surface area (Å²) in [6.07, 6.45) is 1.44. The summed E-state index contributed by atoms with van der Waals surface area (Å²) >= 11 is 3.24. The third kappa shape index (κ3) is 3.42. The second-order valence-electron chi connectivity index (χ2n) is 5.27. The van der Waals surface area contributed by atoms with Crippen LogP contribution in [0.2, 0.25) is 0 Å². The van der Waals surface area contributed by atoms with E-state index in [0.717, 1.165) is 18.7 Å². The van der Waals surface area contributed by atoms with E-state index in [2.05, 4.69) is 21.2 Å². The van der Waals surface area contributed by atoms with Crippen LogP contribution in [0, 0.1) is 5.82 Å². The molecule has 118 valence electrons. The summed E-state index contributed by atoms with van der Waals surface area (Å²) in [5.74, 6) is -0.756. The smallest absolute Gasteiger partial charge is 0.256 e. The molecular weight excluding hydrogens is 363 g/mol. The molecule has 0 spiro atoms. The molecule has 2 aromatic carbocycles. The predicted molar refractivity (Wildman–Crippen MR) is 90.1 cm³/mol. The van der Waals surface area contributed by atoms with Crippen LogP contribution in [0.15, 0.2) is 46.9 Å². The fraction of sp³-hybridized carbons (Fsp3) is 0.176. The van der Waals surface area contributed by atoms with E-state index in [1.54, 1.807) is 29.2 Å². The van der Waals surface area contributed by atoms with Crippen molar-refractivity contribution in [2.45, 2.75) is 12.8 Å². The monoisotopic (exact) mass is 376 g/mol. The van der Waals surface area contributed by atoms with Gasteiger partial charge in [0.2, 0.25) is 5.91 Å². The van der Waals surface area contributed by atoms with Crippen LogP contribution in [0.3, 0.4) is 0 Å². The van der Waals surface area contributed by atoms with Gasteiger partial charge in [-0.25, -0.2) is 4.39 Å². The minimum absolute atomic E-state index is 0.116. The summed E-state index contributed by atoms with van der Waals surface area (Å²) in [6.45, 7) is 0.723. The molecule has 23 heavy (non-hydrogen) atoms. The third-order valence-corrected chi connectivity index (χ3v) is 4.37. The number of halogens is 2. The van der Waals surface area contributed by atoms with Crippen LogP contribution in [0.25, 0.3) is 0 Å². The Kier molecular flexibility index (Phi) is 4.43. The molecular formula is C17H14BrFN2O2. The Morgan fingerprint density at radius 2 is 1.91 bits per heavy atom. The largest absolute Gasteiger partial charge is 0.322 e. The van der Waals surface area contributed by atoms with Gasteiger partial charge in [-0.1, -0.05) is 0 Å². The summed E-state index contributed by atoms with van der Waals surface area (Å²) in [7, 11) is 0. The Labute approximate surface area is 141 Å². The van der Waals surface area contributed by atoms with Crippen LogP contribution < -0.4 is 10.2 Å². The number of carbonyl (C=O) groups is 2. The maximum absolute atomic E-state index is 13.3. The topological polar surface area (TPSA) is 49.4 Å². The van der Waals surface area contributed by atoms with Gasteiger partial charge in [0.25, 0.3) is 5.91 Å². The lowest BCUT2D eigenvalue weighted by atomic mass is 10.2. The first-order valence-corrected chi connectivity index (χ1v) is 8.01. The number of rotatable bonds is 3. The number of hydrogen-bond acceptors (Lipinski definition) is 2. The number of anilines is 2. The molecule has 1 fully saturated rings. The van der Waals surface area contributed by atoms with Crippen molar-refractivity contribution in [1.82, 2.24) is 0 Å². The van der Waals surface area contributed by atoms with E-state index in [-0.39, 0.29) is 11.5 Å². The first kappa shape index (κ1) is 15.7. The zero-order valence-electron chi connectivity index (χ0n) is 12.2. The highest BCUT2D eigenvalue weighted by atomic mass is 79.9. The number of amides is 2. The van der Waals surface area contributed by atoms with Gasteiger partial charge < -0.3 is 10.2 Å². The van der Waals surface area contributed by atoms with Crippen LogP contribution in [0.5, 0.6) is 0 Å². The summed E-state index contributed by atoms with van der Waals surface area (Å²) in [4.78, 5) is 25.6. The molecule has 6 heteroatoms. The van der Waals surface area contributed by atoms with Crippen molar-refractivity contribution in [1.29, 1.82) is 0 Å². The van der Waals surface area contributed by atoms with Crippen LogP contribution in [-0.4, -0.2) is 18.4 Å². The second-order valence-corrected chi connectivity index (χ2v) is 6.13. The number of carbonyl (C=O) groups excluding carboxylic acids is 2. The molecule has 0 radical (unpaired) electrons. The van der Waals surface area contributed by atoms with E-state index >= 15 is 0 Å². The molecule has 0 saturated carbocycles. The van der Waals surface area contributed by atoms with Gasteiger partial charge in [-0.15, -0.1) is 0 Å². The fourth-order valence-corrected chi connectivity index (χ4v) is 2.94. The Bertz CT molecular complexity index is 762. The lowest BCUT2D eigenvalue weighted by Crippen LogP contribution is -2.23. The van der Waals surface area contributed by atoms with Crippen molar-refractivity contribution in [2.24, 2.45) is 0 Å². The van der Waals surface area contributed by atoms with Crippen molar-refractivity contribution >= 4 is 39.1 Å². The van der Waals surface area contributed by atoms with Crippen LogP contribution in [0.4, 0.5) is 15.8 Å². The standard InChI is InChI=1S/C17H14BrFN2O2/c18-15-8-3-11(19)10-14(15)17(23)20-12-4-6-13(7-5-12)21-9-1-2-16(21)22/h3-8,10H,1-2,9H2,(H,20,23). The molecule has 0 unspecified atom stereocenters. The average molecular weight is 377 g/mol. The lowest BCUT2D eigenvalue weighted by molar-refractivity contribution is -0.117. The number of hydrogen-bond donors (Lipinski definition) is 1. The minimum Gasteiger partial charge on any atom is -0.322 e. The quantitative estimate of drug-likeness (QED) is 0.880. The molecule has 0 aromatic heterocycles. The number of nitrogens with zero attached hydrogens (tertiary/aromatic N) is 1. The van der Waals surface area contributed by atoms with Gasteiger partial charge in [0, 0.05) is 28.8 Å². The Morgan fingerprint density at radius 1 is 1.17 bits per heavy atom. The van der Waals surface area contributed by atoms with E-state index in [9.17, 15) is 14.0 Å². The maximum atomic E-state index is 13.3. The SMILES string of the molecule is O=C(Nc1ccc(N2CCCC2=O)cc1)c1cc(F)ccc1Br. The highest BCUT2D eigenvalue weighted by Gasteiger charge is 2.21. The summed E-state index contributed by atoms with van der Waals surface area (Å²) in [5.41, 5.74) is 1.63. The van der Waals surface area contributed by atoms with Gasteiger partial charge in [0.15, 0.2) is 0 Å². The molecule has 0 aliphatic carbocycles. The molecule has 0 bridgehead atoms. The molecule has 0 atom stereocenters.